The molecule has 0 aliphatic rings. The number of aromatic hydroxyl groups is 1. The first-order valence-electron chi connectivity index (χ1n) is 11.6. The zero-order valence-corrected chi connectivity index (χ0v) is 20.6. The monoisotopic (exact) mass is 478 g/mol. The Bertz CT molecular complexity index is 1770. The van der Waals surface area contributed by atoms with Gasteiger partial charge in [0.2, 0.25) is 5.88 Å². The molecular formula is C29H26N4O3. The highest BCUT2D eigenvalue weighted by atomic mass is 16.3. The van der Waals surface area contributed by atoms with Crippen LogP contribution >= 0.6 is 0 Å². The fourth-order valence-electron chi connectivity index (χ4n) is 4.60. The Morgan fingerprint density at radius 1 is 0.833 bits per heavy atom. The molecule has 0 bridgehead atoms. The molecule has 5 rings (SSSR count). The van der Waals surface area contributed by atoms with Crippen LogP contribution in [0.2, 0.25) is 0 Å². The molecule has 0 aliphatic carbocycles. The number of rotatable bonds is 4. The van der Waals surface area contributed by atoms with E-state index in [0.29, 0.717) is 27.7 Å². The van der Waals surface area contributed by atoms with E-state index in [2.05, 4.69) is 4.99 Å². The second-order valence-corrected chi connectivity index (χ2v) is 8.88. The van der Waals surface area contributed by atoms with Gasteiger partial charge in [0.05, 0.1) is 22.6 Å². The number of hydrogen-bond acceptors (Lipinski definition) is 4. The van der Waals surface area contributed by atoms with Gasteiger partial charge in [0.25, 0.3) is 11.1 Å². The van der Waals surface area contributed by atoms with Gasteiger partial charge in [-0.1, -0.05) is 54.1 Å². The molecule has 36 heavy (non-hydrogen) atoms. The molecule has 7 heteroatoms. The van der Waals surface area contributed by atoms with Crippen molar-refractivity contribution in [3.8, 4) is 17.3 Å². The van der Waals surface area contributed by atoms with Gasteiger partial charge in [0.1, 0.15) is 0 Å². The maximum atomic E-state index is 13.4. The van der Waals surface area contributed by atoms with Crippen LogP contribution in [0.15, 0.2) is 87.4 Å². The van der Waals surface area contributed by atoms with Crippen molar-refractivity contribution in [3.05, 3.63) is 116 Å². The summed E-state index contributed by atoms with van der Waals surface area (Å²) in [5.74, 6) is -0.230. The summed E-state index contributed by atoms with van der Waals surface area (Å²) in [6.07, 6.45) is 1.47. The van der Waals surface area contributed by atoms with E-state index in [9.17, 15) is 14.7 Å². The molecule has 2 heterocycles. The number of aromatic nitrogens is 3. The van der Waals surface area contributed by atoms with Crippen molar-refractivity contribution in [1.29, 1.82) is 0 Å². The van der Waals surface area contributed by atoms with Gasteiger partial charge in [-0.05, 0) is 50.6 Å². The van der Waals surface area contributed by atoms with Crippen molar-refractivity contribution < 1.29 is 5.11 Å². The minimum atomic E-state index is -0.325. The molecule has 7 nitrogen and oxygen atoms in total. The number of nitrogens with zero attached hydrogens (tertiary/aromatic N) is 4. The average Bonchev–Trinajstić information content (AvgIpc) is 3.08. The predicted molar refractivity (Wildman–Crippen MR) is 144 cm³/mol. The highest BCUT2D eigenvalue weighted by molar-refractivity contribution is 6.02. The molecule has 0 unspecified atom stereocenters. The molecule has 0 aliphatic heterocycles. The van der Waals surface area contributed by atoms with E-state index in [4.69, 9.17) is 0 Å². The van der Waals surface area contributed by atoms with Crippen LogP contribution in [-0.2, 0) is 7.05 Å². The van der Waals surface area contributed by atoms with Crippen molar-refractivity contribution in [2.45, 2.75) is 20.8 Å². The molecule has 0 amide bonds. The lowest BCUT2D eigenvalue weighted by atomic mass is 10.1. The van der Waals surface area contributed by atoms with Gasteiger partial charge in [-0.2, -0.15) is 0 Å². The predicted octanol–water partition coefficient (Wildman–Crippen LogP) is 4.86. The van der Waals surface area contributed by atoms with Crippen LogP contribution in [0, 0.1) is 20.8 Å². The number of fused-ring (bicyclic) bond motifs is 1. The summed E-state index contributed by atoms with van der Waals surface area (Å²) in [7, 11) is 1.80. The Balaban J connectivity index is 1.74. The van der Waals surface area contributed by atoms with Gasteiger partial charge in [-0.25, -0.2) is 14.2 Å². The Kier molecular flexibility index (Phi) is 5.68. The Morgan fingerprint density at radius 3 is 2.19 bits per heavy atom. The molecule has 0 saturated heterocycles. The summed E-state index contributed by atoms with van der Waals surface area (Å²) in [6, 6.07) is 22.1. The normalized spacial score (nSPS) is 11.6. The first-order valence-corrected chi connectivity index (χ1v) is 11.6. The second kappa shape index (κ2) is 8.85. The van der Waals surface area contributed by atoms with Gasteiger partial charge < -0.3 is 5.11 Å². The van der Waals surface area contributed by atoms with Crippen LogP contribution in [0.25, 0.3) is 22.1 Å². The van der Waals surface area contributed by atoms with Crippen LogP contribution in [0.1, 0.15) is 22.4 Å². The van der Waals surface area contributed by atoms with E-state index in [0.717, 1.165) is 16.8 Å². The first kappa shape index (κ1) is 23.1. The number of benzene rings is 3. The summed E-state index contributed by atoms with van der Waals surface area (Å²) >= 11 is 0. The third-order valence-corrected chi connectivity index (χ3v) is 6.54. The Hall–Kier alpha value is -4.65. The van der Waals surface area contributed by atoms with Crippen LogP contribution in [0.3, 0.4) is 0 Å². The highest BCUT2D eigenvalue weighted by Gasteiger charge is 2.19. The molecule has 0 saturated carbocycles. The van der Waals surface area contributed by atoms with E-state index in [1.807, 2.05) is 69.3 Å². The van der Waals surface area contributed by atoms with Gasteiger partial charge in [0, 0.05) is 24.0 Å². The maximum absolute atomic E-state index is 13.4. The fraction of sp³-hybridized carbons (Fsp3) is 0.138. The van der Waals surface area contributed by atoms with E-state index >= 15 is 0 Å². The minimum absolute atomic E-state index is 0.230. The number of pyridine rings is 1. The van der Waals surface area contributed by atoms with Gasteiger partial charge >= 0.3 is 0 Å². The molecule has 0 atom stereocenters. The van der Waals surface area contributed by atoms with Crippen LogP contribution < -0.4 is 11.1 Å². The van der Waals surface area contributed by atoms with Crippen LogP contribution in [0.5, 0.6) is 5.88 Å². The summed E-state index contributed by atoms with van der Waals surface area (Å²) < 4.78 is 4.61. The number of aliphatic imine (C=N–C) groups is 1. The molecule has 180 valence electrons. The summed E-state index contributed by atoms with van der Waals surface area (Å²) in [6.45, 7) is 5.70. The smallest absolute Gasteiger partial charge is 0.297 e. The number of aryl methyl sites for hydroxylation is 2. The van der Waals surface area contributed by atoms with Crippen LogP contribution in [0.4, 0.5) is 5.69 Å². The lowest BCUT2D eigenvalue weighted by molar-refractivity contribution is 0.436. The number of hydrogen-bond donors (Lipinski definition) is 1. The summed E-state index contributed by atoms with van der Waals surface area (Å²) in [5.41, 5.74) is 3.92. The number of para-hydroxylation sites is 1. The Labute approximate surface area is 207 Å². The van der Waals surface area contributed by atoms with E-state index < -0.39 is 0 Å². The van der Waals surface area contributed by atoms with E-state index in [-0.39, 0.29) is 22.7 Å². The SMILES string of the molecule is Cc1ccc(-n2c(O)c(C=Nc3c(C)n(C)n(-c4ccccc4)c3=O)c3ccccc3c2=O)c(C)c1. The molecule has 0 radical (unpaired) electrons. The molecular weight excluding hydrogens is 452 g/mol. The zero-order valence-electron chi connectivity index (χ0n) is 20.6. The quantitative estimate of drug-likeness (QED) is 0.375. The van der Waals surface area contributed by atoms with Crippen LogP contribution in [-0.4, -0.2) is 25.3 Å². The zero-order chi connectivity index (χ0) is 25.6. The Morgan fingerprint density at radius 2 is 1.50 bits per heavy atom. The van der Waals surface area contributed by atoms with Gasteiger partial charge in [-0.3, -0.25) is 14.3 Å². The van der Waals surface area contributed by atoms with Gasteiger partial charge in [-0.15, -0.1) is 0 Å². The third kappa shape index (κ3) is 3.65. The molecule has 0 spiro atoms. The average molecular weight is 479 g/mol. The molecule has 1 N–H and O–H groups in total. The van der Waals surface area contributed by atoms with E-state index in [1.165, 1.54) is 10.8 Å². The maximum Gasteiger partial charge on any atom is 0.297 e. The lowest BCUT2D eigenvalue weighted by Crippen LogP contribution is -2.21. The third-order valence-electron chi connectivity index (χ3n) is 6.54. The fourth-order valence-corrected chi connectivity index (χ4v) is 4.60. The van der Waals surface area contributed by atoms with Crippen molar-refractivity contribution in [2.75, 3.05) is 0 Å². The largest absolute Gasteiger partial charge is 0.494 e. The van der Waals surface area contributed by atoms with Crippen molar-refractivity contribution >= 4 is 22.7 Å². The summed E-state index contributed by atoms with van der Waals surface area (Å²) in [5, 5.41) is 12.4. The highest BCUT2D eigenvalue weighted by Crippen LogP contribution is 2.28. The first-order chi connectivity index (χ1) is 17.3. The van der Waals surface area contributed by atoms with Gasteiger partial charge in [0.15, 0.2) is 5.69 Å². The molecule has 3 aromatic carbocycles. The molecule has 2 aromatic heterocycles. The topological polar surface area (TPSA) is 81.5 Å². The lowest BCUT2D eigenvalue weighted by Gasteiger charge is -2.15. The van der Waals surface area contributed by atoms with Crippen molar-refractivity contribution in [2.24, 2.45) is 12.0 Å². The van der Waals surface area contributed by atoms with Crippen molar-refractivity contribution in [3.63, 3.8) is 0 Å². The van der Waals surface area contributed by atoms with Crippen molar-refractivity contribution in [1.82, 2.24) is 13.9 Å². The molecule has 0 fully saturated rings. The molecule has 5 aromatic rings. The minimum Gasteiger partial charge on any atom is -0.494 e. The summed E-state index contributed by atoms with van der Waals surface area (Å²) in [4.78, 5) is 31.3. The van der Waals surface area contributed by atoms with E-state index in [1.54, 1.807) is 40.7 Å². The second-order valence-electron chi connectivity index (χ2n) is 8.88. The standard InChI is InChI=1S/C29H26N4O3/c1-18-14-15-25(19(2)16-18)32-27(34)23-13-9-8-12-22(23)24(28(32)35)17-30-26-20(3)31(4)33(29(26)36)21-10-6-5-7-11-21/h5-17,35H,1-4H3.